The summed E-state index contributed by atoms with van der Waals surface area (Å²) in [5.41, 5.74) is 8.89. The Labute approximate surface area is 235 Å². The van der Waals surface area contributed by atoms with Gasteiger partial charge in [-0.3, -0.25) is 4.79 Å². The Hall–Kier alpha value is -4.82. The van der Waals surface area contributed by atoms with Crippen LogP contribution in [0.15, 0.2) is 91.0 Å². The van der Waals surface area contributed by atoms with Gasteiger partial charge in [0.05, 0.1) is 24.3 Å². The highest BCUT2D eigenvalue weighted by Gasteiger charge is 2.17. The molecule has 0 saturated heterocycles. The second kappa shape index (κ2) is 11.5. The van der Waals surface area contributed by atoms with Crippen molar-refractivity contribution in [3.05, 3.63) is 125 Å². The lowest BCUT2D eigenvalue weighted by Gasteiger charge is -2.16. The number of carbonyl (C=O) groups is 1. The molecule has 1 atom stereocenters. The number of aromatic nitrogens is 1. The van der Waals surface area contributed by atoms with Crippen molar-refractivity contribution in [3.63, 3.8) is 0 Å². The molecular weight excluding hydrogens is 494 g/mol. The Morgan fingerprint density at radius 2 is 1.75 bits per heavy atom. The fraction of sp³-hybridized carbons (Fsp3) is 0.200. The average molecular weight is 528 g/mol. The molecule has 5 aromatic rings. The molecule has 0 unspecified atom stereocenters. The monoisotopic (exact) mass is 527 g/mol. The molecule has 5 heteroatoms. The molecule has 1 heterocycles. The number of nitrogens with zero attached hydrogens (tertiary/aromatic N) is 2. The summed E-state index contributed by atoms with van der Waals surface area (Å²) >= 11 is 0. The minimum Gasteiger partial charge on any atom is -0.494 e. The van der Waals surface area contributed by atoms with Crippen LogP contribution in [0.25, 0.3) is 22.0 Å². The van der Waals surface area contributed by atoms with Gasteiger partial charge in [-0.05, 0) is 91.9 Å². The van der Waals surface area contributed by atoms with Gasteiger partial charge in [-0.1, -0.05) is 54.6 Å². The second-order valence-electron chi connectivity index (χ2n) is 10.1. The molecule has 1 amide bonds. The first-order chi connectivity index (χ1) is 19.4. The van der Waals surface area contributed by atoms with Crippen LogP contribution in [-0.4, -0.2) is 17.1 Å². The van der Waals surface area contributed by atoms with E-state index in [1.165, 1.54) is 16.8 Å². The highest BCUT2D eigenvalue weighted by molar-refractivity contribution is 5.99. The first kappa shape index (κ1) is 26.8. The summed E-state index contributed by atoms with van der Waals surface area (Å²) < 4.78 is 7.91. The third-order valence-corrected chi connectivity index (χ3v) is 7.57. The Morgan fingerprint density at radius 1 is 0.975 bits per heavy atom. The Kier molecular flexibility index (Phi) is 7.70. The predicted octanol–water partition coefficient (Wildman–Crippen LogP) is 7.73. The standard InChI is InChI=1S/C35H33N3O2/c1-5-40-31-11-8-10-28(19-31)24(3)37-35(39)29-17-18-34-33(20-29)23(2)25(4)38(34)22-26-13-15-27(16-14-26)32-12-7-6-9-30(32)21-36/h6-20,24H,5,22H2,1-4H3,(H,37,39)/t24-/m0/s1. The number of rotatable bonds is 8. The third kappa shape index (κ3) is 5.34. The van der Waals surface area contributed by atoms with Crippen molar-refractivity contribution in [2.45, 2.75) is 40.3 Å². The van der Waals surface area contributed by atoms with Crippen molar-refractivity contribution in [1.29, 1.82) is 5.26 Å². The van der Waals surface area contributed by atoms with Crippen molar-refractivity contribution < 1.29 is 9.53 Å². The molecule has 4 aromatic carbocycles. The van der Waals surface area contributed by atoms with Crippen LogP contribution in [0.5, 0.6) is 5.75 Å². The first-order valence-corrected chi connectivity index (χ1v) is 13.6. The minimum absolute atomic E-state index is 0.103. The van der Waals surface area contributed by atoms with Crippen molar-refractivity contribution in [2.24, 2.45) is 0 Å². The van der Waals surface area contributed by atoms with Crippen LogP contribution in [0.2, 0.25) is 0 Å². The summed E-state index contributed by atoms with van der Waals surface area (Å²) in [5, 5.41) is 13.7. The van der Waals surface area contributed by atoms with E-state index in [4.69, 9.17) is 4.74 Å². The van der Waals surface area contributed by atoms with Gasteiger partial charge in [0.25, 0.3) is 5.91 Å². The quantitative estimate of drug-likeness (QED) is 0.224. The van der Waals surface area contributed by atoms with E-state index < -0.39 is 0 Å². The van der Waals surface area contributed by atoms with E-state index in [-0.39, 0.29) is 11.9 Å². The normalized spacial score (nSPS) is 11.7. The zero-order valence-electron chi connectivity index (χ0n) is 23.4. The molecular formula is C35H33N3O2. The number of hydrogen-bond acceptors (Lipinski definition) is 3. The molecule has 0 spiro atoms. The largest absolute Gasteiger partial charge is 0.494 e. The number of carbonyl (C=O) groups excluding carboxylic acids is 1. The number of nitriles is 1. The van der Waals surface area contributed by atoms with Gasteiger partial charge in [0, 0.05) is 28.7 Å². The number of fused-ring (bicyclic) bond motifs is 1. The van der Waals surface area contributed by atoms with Crippen molar-refractivity contribution >= 4 is 16.8 Å². The van der Waals surface area contributed by atoms with Crippen LogP contribution in [0.4, 0.5) is 0 Å². The van der Waals surface area contributed by atoms with Gasteiger partial charge in [-0.25, -0.2) is 0 Å². The Bertz CT molecular complexity index is 1720. The number of nitrogens with one attached hydrogen (secondary N) is 1. The van der Waals surface area contributed by atoms with Crippen LogP contribution in [0.1, 0.15) is 58.2 Å². The number of amides is 1. The summed E-state index contributed by atoms with van der Waals surface area (Å²) in [6.07, 6.45) is 0. The number of hydrogen-bond donors (Lipinski definition) is 1. The molecule has 0 fully saturated rings. The zero-order valence-corrected chi connectivity index (χ0v) is 23.4. The molecule has 200 valence electrons. The van der Waals surface area contributed by atoms with Gasteiger partial charge >= 0.3 is 0 Å². The van der Waals surface area contributed by atoms with Gasteiger partial charge in [-0.2, -0.15) is 5.26 Å². The fourth-order valence-electron chi connectivity index (χ4n) is 5.20. The molecule has 5 nitrogen and oxygen atoms in total. The Balaban J connectivity index is 1.36. The number of ether oxygens (including phenoxy) is 1. The maximum absolute atomic E-state index is 13.2. The lowest BCUT2D eigenvalue weighted by Crippen LogP contribution is -2.26. The summed E-state index contributed by atoms with van der Waals surface area (Å²) in [6.45, 7) is 9.50. The summed E-state index contributed by atoms with van der Waals surface area (Å²) in [6, 6.07) is 32.0. The first-order valence-electron chi connectivity index (χ1n) is 13.6. The molecule has 0 aliphatic heterocycles. The maximum atomic E-state index is 13.2. The van der Waals surface area contributed by atoms with Gasteiger partial charge in [-0.15, -0.1) is 0 Å². The van der Waals surface area contributed by atoms with Crippen LogP contribution < -0.4 is 10.1 Å². The van der Waals surface area contributed by atoms with E-state index in [9.17, 15) is 10.1 Å². The van der Waals surface area contributed by atoms with Gasteiger partial charge in [0.15, 0.2) is 0 Å². The van der Waals surface area contributed by atoms with Gasteiger partial charge in [0.1, 0.15) is 5.75 Å². The summed E-state index contributed by atoms with van der Waals surface area (Å²) in [5.74, 6) is 0.700. The number of aryl methyl sites for hydroxylation is 1. The fourth-order valence-corrected chi connectivity index (χ4v) is 5.20. The van der Waals surface area contributed by atoms with E-state index in [1.807, 2.05) is 80.6 Å². The highest BCUT2D eigenvalue weighted by Crippen LogP contribution is 2.29. The van der Waals surface area contributed by atoms with E-state index in [0.29, 0.717) is 17.7 Å². The minimum atomic E-state index is -0.154. The SMILES string of the molecule is CCOc1cccc([C@H](C)NC(=O)c2ccc3c(c2)c(C)c(C)n3Cc2ccc(-c3ccccc3C#N)cc2)c1. The lowest BCUT2D eigenvalue weighted by atomic mass is 9.99. The molecule has 0 aliphatic rings. The summed E-state index contributed by atoms with van der Waals surface area (Å²) in [4.78, 5) is 13.2. The van der Waals surface area contributed by atoms with Gasteiger partial charge < -0.3 is 14.6 Å². The van der Waals surface area contributed by atoms with Gasteiger partial charge in [0.2, 0.25) is 0 Å². The molecule has 1 N–H and O–H groups in total. The zero-order chi connectivity index (χ0) is 28.2. The van der Waals surface area contributed by atoms with Crippen molar-refractivity contribution in [2.75, 3.05) is 6.61 Å². The lowest BCUT2D eigenvalue weighted by molar-refractivity contribution is 0.0940. The molecule has 0 aliphatic carbocycles. The highest BCUT2D eigenvalue weighted by atomic mass is 16.5. The smallest absolute Gasteiger partial charge is 0.251 e. The van der Waals surface area contributed by atoms with Crippen molar-refractivity contribution in [1.82, 2.24) is 9.88 Å². The molecule has 0 saturated carbocycles. The maximum Gasteiger partial charge on any atom is 0.251 e. The van der Waals surface area contributed by atoms with Crippen LogP contribution >= 0.6 is 0 Å². The molecule has 0 bridgehead atoms. The van der Waals surface area contributed by atoms with Crippen LogP contribution in [0, 0.1) is 25.2 Å². The Morgan fingerprint density at radius 3 is 2.50 bits per heavy atom. The molecule has 40 heavy (non-hydrogen) atoms. The average Bonchev–Trinajstić information content (AvgIpc) is 3.22. The van der Waals surface area contributed by atoms with E-state index >= 15 is 0 Å². The van der Waals surface area contributed by atoms with Crippen LogP contribution in [-0.2, 0) is 6.54 Å². The molecule has 1 aromatic heterocycles. The molecule has 5 rings (SSSR count). The number of benzene rings is 4. The second-order valence-corrected chi connectivity index (χ2v) is 10.1. The van der Waals surface area contributed by atoms with E-state index in [2.05, 4.69) is 54.1 Å². The van der Waals surface area contributed by atoms with Crippen LogP contribution in [0.3, 0.4) is 0 Å². The summed E-state index contributed by atoms with van der Waals surface area (Å²) in [7, 11) is 0. The molecule has 0 radical (unpaired) electrons. The topological polar surface area (TPSA) is 67.0 Å². The van der Waals surface area contributed by atoms with E-state index in [1.54, 1.807) is 0 Å². The third-order valence-electron chi connectivity index (χ3n) is 7.57. The van der Waals surface area contributed by atoms with E-state index in [0.717, 1.165) is 39.9 Å². The predicted molar refractivity (Wildman–Crippen MR) is 161 cm³/mol. The van der Waals surface area contributed by atoms with Crippen molar-refractivity contribution in [3.8, 4) is 22.9 Å².